The highest BCUT2D eigenvalue weighted by Gasteiger charge is 2.09. The van der Waals surface area contributed by atoms with Crippen molar-refractivity contribution in [3.05, 3.63) is 65.7 Å². The minimum Gasteiger partial charge on any atom is -0.434 e. The zero-order chi connectivity index (χ0) is 20.2. The molecule has 0 fully saturated rings. The van der Waals surface area contributed by atoms with Crippen LogP contribution in [0.3, 0.4) is 0 Å². The van der Waals surface area contributed by atoms with Gasteiger partial charge in [-0.05, 0) is 18.6 Å². The third-order valence-corrected chi connectivity index (χ3v) is 5.05. The Morgan fingerprint density at radius 1 is 1.11 bits per heavy atom. The molecule has 0 aliphatic carbocycles. The van der Waals surface area contributed by atoms with Crippen LogP contribution in [0.4, 0.5) is 8.78 Å². The van der Waals surface area contributed by atoms with Gasteiger partial charge in [0.05, 0.1) is 6.54 Å². The van der Waals surface area contributed by atoms with E-state index in [9.17, 15) is 13.0 Å². The number of ether oxygens (including phenoxy) is 1. The summed E-state index contributed by atoms with van der Waals surface area (Å²) >= 11 is 0. The predicted octanol–water partition coefficient (Wildman–Crippen LogP) is 3.29. The number of rotatable bonds is 10. The van der Waals surface area contributed by atoms with Crippen molar-refractivity contribution in [2.24, 2.45) is 4.99 Å². The Kier molecular flexibility index (Phi) is 9.41. The van der Waals surface area contributed by atoms with Gasteiger partial charge in [-0.15, -0.1) is 0 Å². The lowest BCUT2D eigenvalue weighted by molar-refractivity contribution is -0.0504. The third-order valence-electron chi connectivity index (χ3n) is 3.73. The molecular weight excluding hydrogens is 384 g/mol. The van der Waals surface area contributed by atoms with Crippen molar-refractivity contribution >= 4 is 16.8 Å². The normalized spacial score (nSPS) is 12.6. The summed E-state index contributed by atoms with van der Waals surface area (Å²) in [7, 11) is -0.990. The average Bonchev–Trinajstić information content (AvgIpc) is 2.67. The van der Waals surface area contributed by atoms with E-state index in [1.165, 1.54) is 6.07 Å². The van der Waals surface area contributed by atoms with E-state index in [1.54, 1.807) is 18.2 Å². The van der Waals surface area contributed by atoms with Crippen molar-refractivity contribution < 1.29 is 17.7 Å². The first-order valence-electron chi connectivity index (χ1n) is 9.02. The van der Waals surface area contributed by atoms with Crippen molar-refractivity contribution in [3.8, 4) is 5.75 Å². The van der Waals surface area contributed by atoms with Gasteiger partial charge in [0, 0.05) is 41.0 Å². The SMILES string of the molecule is CCNC(=NCc1ccccc1OC(F)F)NCCS(=O)Cc1ccccc1. The molecule has 1 unspecified atom stereocenters. The molecule has 0 saturated carbocycles. The molecule has 8 heteroatoms. The summed E-state index contributed by atoms with van der Waals surface area (Å²) in [4.78, 5) is 4.40. The van der Waals surface area contributed by atoms with Crippen LogP contribution in [0.25, 0.3) is 0 Å². The fourth-order valence-electron chi connectivity index (χ4n) is 2.47. The molecule has 152 valence electrons. The van der Waals surface area contributed by atoms with Gasteiger partial charge in [0.25, 0.3) is 0 Å². The van der Waals surface area contributed by atoms with E-state index in [0.29, 0.717) is 36.1 Å². The number of benzene rings is 2. The molecule has 2 N–H and O–H groups in total. The number of para-hydroxylation sites is 1. The number of guanidine groups is 1. The Labute approximate surface area is 166 Å². The number of halogens is 2. The lowest BCUT2D eigenvalue weighted by Crippen LogP contribution is -2.39. The van der Waals surface area contributed by atoms with Crippen LogP contribution in [0.5, 0.6) is 5.75 Å². The van der Waals surface area contributed by atoms with Crippen LogP contribution >= 0.6 is 0 Å². The molecule has 2 aromatic rings. The lowest BCUT2D eigenvalue weighted by Gasteiger charge is -2.12. The van der Waals surface area contributed by atoms with E-state index >= 15 is 0 Å². The van der Waals surface area contributed by atoms with Crippen LogP contribution in [-0.4, -0.2) is 35.6 Å². The fraction of sp³-hybridized carbons (Fsp3) is 0.350. The highest BCUT2D eigenvalue weighted by molar-refractivity contribution is 7.84. The summed E-state index contributed by atoms with van der Waals surface area (Å²) in [5.41, 5.74) is 1.60. The van der Waals surface area contributed by atoms with Gasteiger partial charge in [0.2, 0.25) is 0 Å². The van der Waals surface area contributed by atoms with Crippen molar-refractivity contribution in [1.82, 2.24) is 10.6 Å². The number of hydrogen-bond donors (Lipinski definition) is 2. The first kappa shape index (κ1) is 21.8. The van der Waals surface area contributed by atoms with E-state index in [4.69, 9.17) is 0 Å². The number of nitrogens with one attached hydrogen (secondary N) is 2. The maximum atomic E-state index is 12.5. The summed E-state index contributed by atoms with van der Waals surface area (Å²) in [6, 6.07) is 16.3. The second-order valence-electron chi connectivity index (χ2n) is 5.88. The summed E-state index contributed by atoms with van der Waals surface area (Å²) in [5.74, 6) is 1.63. The number of hydrogen-bond acceptors (Lipinski definition) is 3. The Morgan fingerprint density at radius 3 is 2.54 bits per heavy atom. The Bertz CT molecular complexity index is 773. The monoisotopic (exact) mass is 409 g/mol. The van der Waals surface area contributed by atoms with Gasteiger partial charge in [-0.2, -0.15) is 8.78 Å². The first-order valence-corrected chi connectivity index (χ1v) is 10.5. The van der Waals surface area contributed by atoms with E-state index in [-0.39, 0.29) is 12.3 Å². The second kappa shape index (κ2) is 12.1. The summed E-state index contributed by atoms with van der Waals surface area (Å²) in [5, 5.41) is 6.21. The minimum atomic E-state index is -2.88. The maximum Gasteiger partial charge on any atom is 0.387 e. The molecule has 0 amide bonds. The molecule has 0 spiro atoms. The van der Waals surface area contributed by atoms with Crippen LogP contribution in [0.1, 0.15) is 18.1 Å². The molecule has 1 atom stereocenters. The van der Waals surface area contributed by atoms with Crippen LogP contribution in [-0.2, 0) is 23.1 Å². The number of nitrogens with zero attached hydrogens (tertiary/aromatic N) is 1. The second-order valence-corrected chi connectivity index (χ2v) is 7.46. The fourth-order valence-corrected chi connectivity index (χ4v) is 3.51. The molecule has 0 aromatic heterocycles. The molecule has 0 saturated heterocycles. The quantitative estimate of drug-likeness (QED) is 0.467. The van der Waals surface area contributed by atoms with Crippen molar-refractivity contribution in [3.63, 3.8) is 0 Å². The highest BCUT2D eigenvalue weighted by atomic mass is 32.2. The highest BCUT2D eigenvalue weighted by Crippen LogP contribution is 2.20. The lowest BCUT2D eigenvalue weighted by atomic mass is 10.2. The largest absolute Gasteiger partial charge is 0.434 e. The van der Waals surface area contributed by atoms with Gasteiger partial charge >= 0.3 is 6.61 Å². The number of aliphatic imine (C=N–C) groups is 1. The van der Waals surface area contributed by atoms with E-state index < -0.39 is 17.4 Å². The van der Waals surface area contributed by atoms with Crippen LogP contribution in [0.15, 0.2) is 59.6 Å². The van der Waals surface area contributed by atoms with Crippen LogP contribution in [0.2, 0.25) is 0 Å². The molecule has 0 bridgehead atoms. The van der Waals surface area contributed by atoms with Crippen molar-refractivity contribution in [2.45, 2.75) is 25.8 Å². The van der Waals surface area contributed by atoms with Crippen molar-refractivity contribution in [2.75, 3.05) is 18.8 Å². The Balaban J connectivity index is 1.88. The minimum absolute atomic E-state index is 0.112. The van der Waals surface area contributed by atoms with Gasteiger partial charge in [-0.25, -0.2) is 4.99 Å². The van der Waals surface area contributed by atoms with E-state index in [2.05, 4.69) is 20.4 Å². The van der Waals surface area contributed by atoms with Gasteiger partial charge in [0.1, 0.15) is 5.75 Å². The molecule has 0 radical (unpaired) electrons. The van der Waals surface area contributed by atoms with Crippen LogP contribution in [0, 0.1) is 0 Å². The number of alkyl halides is 2. The first-order chi connectivity index (χ1) is 13.6. The maximum absolute atomic E-state index is 12.5. The standard InChI is InChI=1S/C20H25F2N3O2S/c1-2-23-20(24-12-13-28(26)15-16-8-4-3-5-9-16)25-14-17-10-6-7-11-18(17)27-19(21)22/h3-11,19H,2,12-15H2,1H3,(H2,23,24,25). The topological polar surface area (TPSA) is 62.7 Å². The molecule has 2 aromatic carbocycles. The Morgan fingerprint density at radius 2 is 1.82 bits per heavy atom. The average molecular weight is 410 g/mol. The van der Waals surface area contributed by atoms with Gasteiger partial charge in [0.15, 0.2) is 5.96 Å². The van der Waals surface area contributed by atoms with Gasteiger partial charge in [-0.1, -0.05) is 48.5 Å². The summed E-state index contributed by atoms with van der Waals surface area (Å²) < 4.78 is 41.7. The molecule has 5 nitrogen and oxygen atoms in total. The van der Waals surface area contributed by atoms with Crippen LogP contribution < -0.4 is 15.4 Å². The van der Waals surface area contributed by atoms with Gasteiger partial charge < -0.3 is 15.4 Å². The summed E-state index contributed by atoms with van der Waals surface area (Å²) in [6.45, 7) is 0.370. The molecule has 2 rings (SSSR count). The third kappa shape index (κ3) is 8.04. The van der Waals surface area contributed by atoms with Crippen molar-refractivity contribution in [1.29, 1.82) is 0 Å². The molecule has 28 heavy (non-hydrogen) atoms. The molecule has 0 heterocycles. The van der Waals surface area contributed by atoms with Gasteiger partial charge in [-0.3, -0.25) is 4.21 Å². The van der Waals surface area contributed by atoms with E-state index in [1.807, 2.05) is 37.3 Å². The van der Waals surface area contributed by atoms with E-state index in [0.717, 1.165) is 5.56 Å². The molecular formula is C20H25F2N3O2S. The molecule has 0 aliphatic rings. The predicted molar refractivity (Wildman–Crippen MR) is 109 cm³/mol. The molecule has 0 aliphatic heterocycles. The Hall–Kier alpha value is -2.48. The zero-order valence-corrected chi connectivity index (χ0v) is 16.6. The smallest absolute Gasteiger partial charge is 0.387 e. The summed E-state index contributed by atoms with van der Waals surface area (Å²) in [6.07, 6.45) is 0. The zero-order valence-electron chi connectivity index (χ0n) is 15.7.